The Balaban J connectivity index is 1.06. The number of aliphatic imine (C=N–C) groups is 1. The molecule has 2 aromatic rings. The normalized spacial score (nSPS) is 22.8. The van der Waals surface area contributed by atoms with Crippen LogP contribution in [-0.2, 0) is 59.2 Å². The lowest BCUT2D eigenvalue weighted by atomic mass is 9.96. The maximum Gasteiger partial charge on any atom is 0.326 e. The fraction of sp³-hybridized carbons (Fsp3) is 0.623. The molecule has 7 rings (SSSR count). The Labute approximate surface area is 457 Å². The number of guanidine groups is 1. The van der Waals surface area contributed by atoms with Crippen LogP contribution in [0.5, 0.6) is 0 Å². The minimum Gasteiger partial charge on any atom is -0.480 e. The first-order valence-corrected chi connectivity index (χ1v) is 27.6. The molecule has 1 aromatic carbocycles. The molecule has 79 heavy (non-hydrogen) atoms. The molecule has 0 unspecified atom stereocenters. The van der Waals surface area contributed by atoms with Crippen LogP contribution in [0.15, 0.2) is 35.5 Å². The standard InChI is InChI=1S/C53H76N14O12/c1-3-29(2)43(51(77)66-25-9-16-39(66)50(76)67-26-10-17-40(67)52(78)79)63-45(71)34(18-20-41(54)68)60-46(72)37-14-7-23-64(37)48(74)35(13-6-22-57-53(55)56)61-47(73)38-15-8-24-65(38)49(75)36(62-44(70)33-19-21-42(69)59-33)27-30-28-58-32-12-5-4-11-31(30)32/h4-5,11-12,28-29,33-40,43,58H,3,6-10,13-27H2,1-2H3,(H2,54,68)(H,59,69)(H,60,72)(H,61,73)(H,62,70)(H,63,71)(H,78,79)(H4,55,56,57)/t29-,33-,34-,35-,36-,37-,38-,39-,40-,43-/m0/s1. The number of likely N-dealkylation sites (tertiary alicyclic amines) is 4. The Morgan fingerprint density at radius 2 is 1.27 bits per heavy atom. The molecule has 0 radical (unpaired) electrons. The van der Waals surface area contributed by atoms with Gasteiger partial charge in [-0.15, -0.1) is 0 Å². The van der Waals surface area contributed by atoms with Crippen LogP contribution in [0.1, 0.15) is 116 Å². The van der Waals surface area contributed by atoms with Gasteiger partial charge in [-0.1, -0.05) is 38.5 Å². The van der Waals surface area contributed by atoms with Crippen LogP contribution in [0.3, 0.4) is 0 Å². The van der Waals surface area contributed by atoms with Crippen molar-refractivity contribution in [1.29, 1.82) is 0 Å². The lowest BCUT2D eigenvalue weighted by molar-refractivity contribution is -0.152. The zero-order valence-electron chi connectivity index (χ0n) is 44.9. The summed E-state index contributed by atoms with van der Waals surface area (Å²) in [5, 5.41) is 24.4. The number of para-hydroxylation sites is 1. The summed E-state index contributed by atoms with van der Waals surface area (Å²) in [5.41, 5.74) is 18.2. The second-order valence-corrected chi connectivity index (χ2v) is 21.3. The number of aromatic nitrogens is 1. The van der Waals surface area contributed by atoms with Crippen LogP contribution in [0.25, 0.3) is 10.9 Å². The Morgan fingerprint density at radius 3 is 1.86 bits per heavy atom. The largest absolute Gasteiger partial charge is 0.480 e. The van der Waals surface area contributed by atoms with Gasteiger partial charge in [0.1, 0.15) is 54.4 Å². The molecule has 13 N–H and O–H groups in total. The molecule has 10 atom stereocenters. The fourth-order valence-electron chi connectivity index (χ4n) is 11.5. The van der Waals surface area contributed by atoms with Gasteiger partial charge in [0.05, 0.1) is 0 Å². The number of nitrogens with one attached hydrogen (secondary N) is 6. The van der Waals surface area contributed by atoms with E-state index >= 15 is 0 Å². The number of fused-ring (bicyclic) bond motifs is 1. The number of carboxylic acids is 1. The Morgan fingerprint density at radius 1 is 0.696 bits per heavy atom. The summed E-state index contributed by atoms with van der Waals surface area (Å²) in [6, 6.07) is -2.52. The van der Waals surface area contributed by atoms with E-state index in [-0.39, 0.29) is 102 Å². The topological polar surface area (TPSA) is 387 Å². The smallest absolute Gasteiger partial charge is 0.326 e. The summed E-state index contributed by atoms with van der Waals surface area (Å²) >= 11 is 0. The van der Waals surface area contributed by atoms with E-state index in [0.29, 0.717) is 44.9 Å². The number of primary amides is 1. The lowest BCUT2D eigenvalue weighted by Crippen LogP contribution is -2.60. The van der Waals surface area contributed by atoms with Crippen LogP contribution in [-0.4, -0.2) is 188 Å². The van der Waals surface area contributed by atoms with E-state index in [9.17, 15) is 57.8 Å². The molecular weight excluding hydrogens is 1020 g/mol. The summed E-state index contributed by atoms with van der Waals surface area (Å²) in [4.78, 5) is 163. The monoisotopic (exact) mass is 1100 g/mol. The number of amides is 10. The van der Waals surface area contributed by atoms with E-state index in [2.05, 4.69) is 36.6 Å². The third-order valence-corrected chi connectivity index (χ3v) is 16.0. The Bertz CT molecular complexity index is 2670. The van der Waals surface area contributed by atoms with Gasteiger partial charge in [-0.3, -0.25) is 52.9 Å². The summed E-state index contributed by atoms with van der Waals surface area (Å²) in [5.74, 6) is -7.78. The van der Waals surface area contributed by atoms with E-state index in [4.69, 9.17) is 17.2 Å². The molecule has 26 heteroatoms. The van der Waals surface area contributed by atoms with Gasteiger partial charge >= 0.3 is 5.97 Å². The van der Waals surface area contributed by atoms with Crippen molar-refractivity contribution >= 4 is 81.9 Å². The molecule has 430 valence electrons. The quantitative estimate of drug-likeness (QED) is 0.0320. The van der Waals surface area contributed by atoms with Crippen molar-refractivity contribution in [1.82, 2.24) is 51.2 Å². The lowest BCUT2D eigenvalue weighted by Gasteiger charge is -2.34. The molecule has 0 saturated carbocycles. The number of nitrogens with two attached hydrogens (primary N) is 3. The van der Waals surface area contributed by atoms with Gasteiger partial charge in [-0.2, -0.15) is 0 Å². The number of benzene rings is 1. The predicted octanol–water partition coefficient (Wildman–Crippen LogP) is -1.66. The second kappa shape index (κ2) is 26.7. The predicted molar refractivity (Wildman–Crippen MR) is 285 cm³/mol. The third kappa shape index (κ3) is 14.3. The maximum atomic E-state index is 14.8. The number of hydrogen-bond acceptors (Lipinski definition) is 12. The SMILES string of the molecule is CC[C@H](C)[C@H](NC(=O)[C@H](CCC(N)=O)NC(=O)[C@@H]1CCCN1C(=O)[C@H](CCCN=C(N)N)NC(=O)[C@@H]1CCCN1C(=O)[C@H](Cc1c[nH]c2ccccc12)NC(=O)[C@@H]1CCC(=O)N1)C(=O)N1CCC[C@H]1C(=O)N1CCC[C@H]1C(=O)O. The van der Waals surface area contributed by atoms with Gasteiger partial charge in [-0.05, 0) is 94.6 Å². The highest BCUT2D eigenvalue weighted by atomic mass is 16.4. The average Bonchev–Trinajstić information content (AvgIpc) is 4.38. The first kappa shape index (κ1) is 58.9. The van der Waals surface area contributed by atoms with Crippen LogP contribution in [0, 0.1) is 5.92 Å². The number of rotatable bonds is 24. The van der Waals surface area contributed by atoms with Gasteiger partial charge < -0.3 is 73.5 Å². The minimum absolute atomic E-state index is 0.00945. The van der Waals surface area contributed by atoms with E-state index < -0.39 is 119 Å². The van der Waals surface area contributed by atoms with Crippen molar-refractivity contribution in [3.05, 3.63) is 36.0 Å². The summed E-state index contributed by atoms with van der Waals surface area (Å²) < 4.78 is 0. The number of carbonyl (C=O) groups is 11. The van der Waals surface area contributed by atoms with Gasteiger partial charge in [0.2, 0.25) is 59.1 Å². The molecule has 1 aromatic heterocycles. The minimum atomic E-state index is -1.42. The number of nitrogens with zero attached hydrogens (tertiary/aromatic N) is 5. The number of carbonyl (C=O) groups excluding carboxylic acids is 10. The number of hydrogen-bond donors (Lipinski definition) is 10. The number of carboxylic acid groups (broad SMARTS) is 1. The molecule has 0 bridgehead atoms. The van der Waals surface area contributed by atoms with Crippen LogP contribution in [0.2, 0.25) is 0 Å². The molecule has 0 spiro atoms. The molecule has 5 saturated heterocycles. The zero-order chi connectivity index (χ0) is 57.1. The third-order valence-electron chi connectivity index (χ3n) is 16.0. The first-order valence-electron chi connectivity index (χ1n) is 27.6. The van der Waals surface area contributed by atoms with Crippen molar-refractivity contribution in [3.63, 3.8) is 0 Å². The summed E-state index contributed by atoms with van der Waals surface area (Å²) in [6.07, 6.45) is 5.01. The second-order valence-electron chi connectivity index (χ2n) is 21.3. The van der Waals surface area contributed by atoms with E-state index in [1.54, 1.807) is 13.1 Å². The molecule has 5 fully saturated rings. The van der Waals surface area contributed by atoms with Crippen LogP contribution < -0.4 is 43.8 Å². The Kier molecular flexibility index (Phi) is 19.9. The maximum absolute atomic E-state index is 14.8. The first-order chi connectivity index (χ1) is 37.8. The van der Waals surface area contributed by atoms with Crippen molar-refractivity contribution in [3.8, 4) is 0 Å². The molecule has 0 aliphatic carbocycles. The molecule has 6 heterocycles. The van der Waals surface area contributed by atoms with Crippen molar-refractivity contribution in [2.24, 2.45) is 28.1 Å². The number of aromatic amines is 1. The summed E-state index contributed by atoms with van der Waals surface area (Å²) in [6.45, 7) is 4.33. The van der Waals surface area contributed by atoms with Gasteiger partial charge in [-0.25, -0.2) is 4.79 Å². The number of H-pyrrole nitrogens is 1. The van der Waals surface area contributed by atoms with E-state index in [0.717, 1.165) is 16.5 Å². The zero-order valence-corrected chi connectivity index (χ0v) is 44.9. The van der Waals surface area contributed by atoms with Gasteiger partial charge in [0, 0.05) is 69.1 Å². The van der Waals surface area contributed by atoms with E-state index in [1.165, 1.54) is 19.6 Å². The van der Waals surface area contributed by atoms with Crippen LogP contribution >= 0.6 is 0 Å². The summed E-state index contributed by atoms with van der Waals surface area (Å²) in [7, 11) is 0. The Hall–Kier alpha value is -7.80. The molecule has 10 amide bonds. The van der Waals surface area contributed by atoms with Gasteiger partial charge in [0.25, 0.3) is 0 Å². The fourth-order valence-corrected chi connectivity index (χ4v) is 11.5. The van der Waals surface area contributed by atoms with Crippen molar-refractivity contribution in [2.75, 3.05) is 32.7 Å². The molecule has 5 aliphatic heterocycles. The molecule has 5 aliphatic rings. The van der Waals surface area contributed by atoms with Crippen molar-refractivity contribution in [2.45, 2.75) is 171 Å². The van der Waals surface area contributed by atoms with Gasteiger partial charge in [0.15, 0.2) is 5.96 Å². The number of aliphatic carboxylic acids is 1. The highest BCUT2D eigenvalue weighted by Gasteiger charge is 2.46. The average molecular weight is 1100 g/mol. The van der Waals surface area contributed by atoms with Crippen molar-refractivity contribution < 1.29 is 57.8 Å². The highest BCUT2D eigenvalue weighted by Crippen LogP contribution is 2.29. The molecular formula is C53H76N14O12. The van der Waals surface area contributed by atoms with E-state index in [1.807, 2.05) is 31.2 Å². The van der Waals surface area contributed by atoms with Crippen LogP contribution in [0.4, 0.5) is 0 Å². The molecule has 26 nitrogen and oxygen atoms in total. The highest BCUT2D eigenvalue weighted by molar-refractivity contribution is 6.00.